The standard InChI is InChI=1S/C15H22ClN3O.2ClH/c1-12-4-5-13(16)11-14(12)18-7-9-19(10-8-18)15(20)3-2-6-17;;/h4-5,11H,2-3,6-10,17H2,1H3;2*1H. The molecular formula is C15H24Cl3N3O. The van der Waals surface area contributed by atoms with E-state index in [9.17, 15) is 4.79 Å². The van der Waals surface area contributed by atoms with Crippen LogP contribution in [0.5, 0.6) is 0 Å². The number of rotatable bonds is 4. The van der Waals surface area contributed by atoms with Gasteiger partial charge in [-0.3, -0.25) is 4.79 Å². The minimum Gasteiger partial charge on any atom is -0.368 e. The number of nitrogens with zero attached hydrogens (tertiary/aromatic N) is 2. The quantitative estimate of drug-likeness (QED) is 0.889. The van der Waals surface area contributed by atoms with Crippen LogP contribution in [0.2, 0.25) is 5.02 Å². The Morgan fingerprint density at radius 2 is 1.86 bits per heavy atom. The first-order chi connectivity index (χ1) is 9.61. The fraction of sp³-hybridized carbons (Fsp3) is 0.533. The van der Waals surface area contributed by atoms with Gasteiger partial charge in [0.25, 0.3) is 0 Å². The maximum atomic E-state index is 12.0. The lowest BCUT2D eigenvalue weighted by atomic mass is 10.1. The number of carbonyl (C=O) groups is 1. The van der Waals surface area contributed by atoms with Gasteiger partial charge in [-0.1, -0.05) is 17.7 Å². The van der Waals surface area contributed by atoms with Gasteiger partial charge in [-0.05, 0) is 37.6 Å². The van der Waals surface area contributed by atoms with Crippen molar-refractivity contribution in [2.75, 3.05) is 37.6 Å². The first-order valence-corrected chi connectivity index (χ1v) is 7.48. The summed E-state index contributed by atoms with van der Waals surface area (Å²) in [5, 5.41) is 0.757. The topological polar surface area (TPSA) is 49.6 Å². The van der Waals surface area contributed by atoms with Crippen LogP contribution in [-0.2, 0) is 4.79 Å². The minimum atomic E-state index is 0. The molecule has 1 saturated heterocycles. The maximum Gasteiger partial charge on any atom is 0.222 e. The van der Waals surface area contributed by atoms with Crippen molar-refractivity contribution in [1.82, 2.24) is 4.90 Å². The second-order valence-corrected chi connectivity index (χ2v) is 5.63. The number of nitrogens with two attached hydrogens (primary N) is 1. The fourth-order valence-electron chi connectivity index (χ4n) is 2.53. The molecule has 22 heavy (non-hydrogen) atoms. The zero-order chi connectivity index (χ0) is 14.5. The summed E-state index contributed by atoms with van der Waals surface area (Å²) in [6.45, 7) is 5.92. The number of hydrogen-bond donors (Lipinski definition) is 1. The third kappa shape index (κ3) is 5.51. The number of benzene rings is 1. The van der Waals surface area contributed by atoms with Crippen LogP contribution in [0.3, 0.4) is 0 Å². The number of carbonyl (C=O) groups excluding carboxylic acids is 1. The molecule has 4 nitrogen and oxygen atoms in total. The van der Waals surface area contributed by atoms with Crippen molar-refractivity contribution in [3.05, 3.63) is 28.8 Å². The molecular weight excluding hydrogens is 345 g/mol. The Morgan fingerprint density at radius 1 is 1.23 bits per heavy atom. The van der Waals surface area contributed by atoms with E-state index < -0.39 is 0 Å². The van der Waals surface area contributed by atoms with Crippen molar-refractivity contribution in [3.63, 3.8) is 0 Å². The molecule has 2 rings (SSSR count). The maximum absolute atomic E-state index is 12.0. The number of hydrogen-bond acceptors (Lipinski definition) is 3. The van der Waals surface area contributed by atoms with E-state index in [1.807, 2.05) is 23.1 Å². The van der Waals surface area contributed by atoms with E-state index in [2.05, 4.69) is 11.8 Å². The molecule has 0 radical (unpaired) electrons. The molecule has 1 heterocycles. The fourth-order valence-corrected chi connectivity index (χ4v) is 2.70. The lowest BCUT2D eigenvalue weighted by Gasteiger charge is -2.37. The first-order valence-electron chi connectivity index (χ1n) is 7.11. The zero-order valence-corrected chi connectivity index (χ0v) is 15.1. The molecule has 1 aliphatic heterocycles. The van der Waals surface area contributed by atoms with Crippen molar-refractivity contribution in [2.45, 2.75) is 19.8 Å². The molecule has 126 valence electrons. The molecule has 0 aliphatic carbocycles. The highest BCUT2D eigenvalue weighted by atomic mass is 35.5. The monoisotopic (exact) mass is 367 g/mol. The molecule has 7 heteroatoms. The van der Waals surface area contributed by atoms with Crippen molar-refractivity contribution in [3.8, 4) is 0 Å². The van der Waals surface area contributed by atoms with Gasteiger partial charge in [-0.2, -0.15) is 0 Å². The van der Waals surface area contributed by atoms with Gasteiger partial charge < -0.3 is 15.5 Å². The SMILES string of the molecule is Cc1ccc(Cl)cc1N1CCN(C(=O)CCCN)CC1.Cl.Cl. The molecule has 0 aromatic heterocycles. The van der Waals surface area contributed by atoms with Crippen LogP contribution in [0.25, 0.3) is 0 Å². The van der Waals surface area contributed by atoms with Gasteiger partial charge in [0.15, 0.2) is 0 Å². The Morgan fingerprint density at radius 3 is 2.45 bits per heavy atom. The van der Waals surface area contributed by atoms with Gasteiger partial charge in [0.2, 0.25) is 5.91 Å². The van der Waals surface area contributed by atoms with Crippen molar-refractivity contribution in [1.29, 1.82) is 0 Å². The van der Waals surface area contributed by atoms with Gasteiger partial charge in [-0.25, -0.2) is 0 Å². The number of piperazine rings is 1. The Hall–Kier alpha value is -0.680. The summed E-state index contributed by atoms with van der Waals surface area (Å²) in [5.74, 6) is 0.220. The number of anilines is 1. The average Bonchev–Trinajstić information content (AvgIpc) is 2.47. The number of halogens is 3. The van der Waals surface area contributed by atoms with E-state index in [0.29, 0.717) is 13.0 Å². The highest BCUT2D eigenvalue weighted by Crippen LogP contribution is 2.25. The van der Waals surface area contributed by atoms with E-state index in [1.54, 1.807) is 0 Å². The van der Waals surface area contributed by atoms with Crippen LogP contribution in [0.4, 0.5) is 5.69 Å². The van der Waals surface area contributed by atoms with E-state index in [0.717, 1.165) is 37.6 Å². The van der Waals surface area contributed by atoms with Crippen molar-refractivity contribution in [2.24, 2.45) is 5.73 Å². The van der Waals surface area contributed by atoms with Crippen LogP contribution >= 0.6 is 36.4 Å². The van der Waals surface area contributed by atoms with E-state index in [1.165, 1.54) is 11.3 Å². The molecule has 0 unspecified atom stereocenters. The molecule has 1 amide bonds. The molecule has 1 aromatic rings. The summed E-state index contributed by atoms with van der Waals surface area (Å²) in [5.41, 5.74) is 7.84. The summed E-state index contributed by atoms with van der Waals surface area (Å²) in [6, 6.07) is 5.95. The predicted molar refractivity (Wildman–Crippen MR) is 97.8 cm³/mol. The van der Waals surface area contributed by atoms with Crippen LogP contribution in [0.1, 0.15) is 18.4 Å². The highest BCUT2D eigenvalue weighted by Gasteiger charge is 2.21. The Bertz CT molecular complexity index is 477. The molecule has 1 aromatic carbocycles. The third-order valence-electron chi connectivity index (χ3n) is 3.74. The number of amides is 1. The summed E-state index contributed by atoms with van der Waals surface area (Å²) >= 11 is 6.07. The van der Waals surface area contributed by atoms with Crippen LogP contribution < -0.4 is 10.6 Å². The van der Waals surface area contributed by atoms with Gasteiger partial charge >= 0.3 is 0 Å². The molecule has 1 aliphatic rings. The van der Waals surface area contributed by atoms with Gasteiger partial charge in [0.05, 0.1) is 0 Å². The molecule has 2 N–H and O–H groups in total. The molecule has 0 bridgehead atoms. The molecule has 1 fully saturated rings. The van der Waals surface area contributed by atoms with Crippen LogP contribution in [-0.4, -0.2) is 43.5 Å². The molecule has 0 atom stereocenters. The Labute approximate surface area is 149 Å². The summed E-state index contributed by atoms with van der Waals surface area (Å²) in [4.78, 5) is 16.2. The summed E-state index contributed by atoms with van der Waals surface area (Å²) < 4.78 is 0. The summed E-state index contributed by atoms with van der Waals surface area (Å²) in [6.07, 6.45) is 1.33. The van der Waals surface area contributed by atoms with E-state index >= 15 is 0 Å². The second-order valence-electron chi connectivity index (χ2n) is 5.19. The highest BCUT2D eigenvalue weighted by molar-refractivity contribution is 6.30. The van der Waals surface area contributed by atoms with Crippen molar-refractivity contribution < 1.29 is 4.79 Å². The van der Waals surface area contributed by atoms with Gasteiger partial charge in [0.1, 0.15) is 0 Å². The van der Waals surface area contributed by atoms with Crippen molar-refractivity contribution >= 4 is 48.0 Å². The van der Waals surface area contributed by atoms with Gasteiger partial charge in [-0.15, -0.1) is 24.8 Å². The second kappa shape index (κ2) is 10.2. The third-order valence-corrected chi connectivity index (χ3v) is 3.97. The zero-order valence-electron chi connectivity index (χ0n) is 12.8. The van der Waals surface area contributed by atoms with E-state index in [-0.39, 0.29) is 30.7 Å². The van der Waals surface area contributed by atoms with Crippen LogP contribution in [0, 0.1) is 6.92 Å². The lowest BCUT2D eigenvalue weighted by molar-refractivity contribution is -0.131. The Kier molecular flexibility index (Phi) is 9.85. The molecule has 0 saturated carbocycles. The smallest absolute Gasteiger partial charge is 0.222 e. The van der Waals surface area contributed by atoms with Gasteiger partial charge in [0, 0.05) is 43.3 Å². The average molecular weight is 369 g/mol. The normalized spacial score (nSPS) is 14.1. The molecule has 0 spiro atoms. The number of aryl methyl sites for hydroxylation is 1. The lowest BCUT2D eigenvalue weighted by Crippen LogP contribution is -2.49. The van der Waals surface area contributed by atoms with Crippen LogP contribution in [0.15, 0.2) is 18.2 Å². The Balaban J connectivity index is 0.00000220. The predicted octanol–water partition coefficient (Wildman–Crippen LogP) is 2.88. The largest absolute Gasteiger partial charge is 0.368 e. The van der Waals surface area contributed by atoms with E-state index in [4.69, 9.17) is 17.3 Å². The minimum absolute atomic E-state index is 0. The first kappa shape index (κ1) is 21.3. The summed E-state index contributed by atoms with van der Waals surface area (Å²) in [7, 11) is 0.